The first-order valence-electron chi connectivity index (χ1n) is 12.8. The standard InChI is InChI=1S/C25H31N7O7S2/c1-4-13(2)16(26)23(36)38-12-39-24(37)18-15(11-41-25-28-29-30-31(25)3)10-40-22-17(21(35)32(18)22)27-20(34)19(33)14-8-6-5-7-9-14/h5-9,13,16-17,19,22,33H,4,10-12,26H2,1-3H3,(H,27,34)/t13-,16-,17+,19+,22+/m0/s1. The van der Waals surface area contributed by atoms with E-state index in [4.69, 9.17) is 15.2 Å². The molecule has 5 atom stereocenters. The largest absolute Gasteiger partial charge is 0.427 e. The molecule has 1 aromatic carbocycles. The zero-order valence-electron chi connectivity index (χ0n) is 22.6. The molecule has 0 aliphatic carbocycles. The van der Waals surface area contributed by atoms with Crippen molar-refractivity contribution in [3.63, 3.8) is 0 Å². The number of nitrogens with zero attached hydrogens (tertiary/aromatic N) is 5. The lowest BCUT2D eigenvalue weighted by Gasteiger charge is -2.49. The number of tetrazole rings is 1. The van der Waals surface area contributed by atoms with Gasteiger partial charge in [-0.3, -0.25) is 19.3 Å². The Labute approximate surface area is 244 Å². The van der Waals surface area contributed by atoms with Gasteiger partial charge < -0.3 is 25.6 Å². The number of aliphatic hydroxyl groups is 1. The lowest BCUT2D eigenvalue weighted by Crippen LogP contribution is -2.71. The molecule has 41 heavy (non-hydrogen) atoms. The number of hydrogen-bond donors (Lipinski definition) is 3. The van der Waals surface area contributed by atoms with Crippen LogP contribution < -0.4 is 11.1 Å². The van der Waals surface area contributed by atoms with Crippen LogP contribution >= 0.6 is 23.5 Å². The molecular weight excluding hydrogens is 574 g/mol. The molecule has 2 aliphatic rings. The second-order valence-electron chi connectivity index (χ2n) is 9.46. The number of carbonyl (C=O) groups is 4. The molecule has 2 amide bonds. The van der Waals surface area contributed by atoms with E-state index in [9.17, 15) is 24.3 Å². The number of hydrogen-bond acceptors (Lipinski definition) is 13. The second-order valence-corrected chi connectivity index (χ2v) is 11.5. The van der Waals surface area contributed by atoms with Gasteiger partial charge >= 0.3 is 11.9 Å². The van der Waals surface area contributed by atoms with Crippen molar-refractivity contribution < 1.29 is 33.8 Å². The Morgan fingerprint density at radius 3 is 2.66 bits per heavy atom. The molecule has 1 aromatic heterocycles. The lowest BCUT2D eigenvalue weighted by molar-refractivity contribution is -0.169. The summed E-state index contributed by atoms with van der Waals surface area (Å²) in [5, 5.41) is 24.2. The number of rotatable bonds is 12. The predicted octanol–water partition coefficient (Wildman–Crippen LogP) is 0.107. The van der Waals surface area contributed by atoms with Gasteiger partial charge in [-0.05, 0) is 27.5 Å². The average Bonchev–Trinajstić information content (AvgIpc) is 3.41. The highest BCUT2D eigenvalue weighted by Crippen LogP contribution is 2.42. The Bertz CT molecular complexity index is 1320. The summed E-state index contributed by atoms with van der Waals surface area (Å²) >= 11 is 2.62. The Balaban J connectivity index is 1.47. The molecular formula is C25H31N7O7S2. The minimum Gasteiger partial charge on any atom is -0.427 e. The highest BCUT2D eigenvalue weighted by molar-refractivity contribution is 8.01. The van der Waals surface area contributed by atoms with E-state index in [0.29, 0.717) is 28.5 Å². The number of esters is 2. The number of β-lactam (4-membered cyclic amide) rings is 1. The van der Waals surface area contributed by atoms with Gasteiger partial charge in [0, 0.05) is 18.6 Å². The Morgan fingerprint density at radius 1 is 1.27 bits per heavy atom. The molecule has 220 valence electrons. The Hall–Kier alpha value is -3.47. The fourth-order valence-corrected chi connectivity index (χ4v) is 6.42. The number of aliphatic hydroxyl groups excluding tert-OH is 1. The number of thioether (sulfide) groups is 2. The average molecular weight is 606 g/mol. The van der Waals surface area contributed by atoms with Gasteiger partial charge in [-0.25, -0.2) is 9.48 Å². The summed E-state index contributed by atoms with van der Waals surface area (Å²) in [5.74, 6) is -2.36. The number of amides is 2. The summed E-state index contributed by atoms with van der Waals surface area (Å²) in [5.41, 5.74) is 6.84. The van der Waals surface area contributed by atoms with Crippen LogP contribution in [0.5, 0.6) is 0 Å². The lowest BCUT2D eigenvalue weighted by atomic mass is 10.0. The summed E-state index contributed by atoms with van der Waals surface area (Å²) in [4.78, 5) is 52.7. The number of nitrogens with two attached hydrogens (primary N) is 1. The number of carbonyl (C=O) groups excluding carboxylic acids is 4. The predicted molar refractivity (Wildman–Crippen MR) is 147 cm³/mol. The van der Waals surface area contributed by atoms with Gasteiger partial charge in [0.05, 0.1) is 0 Å². The van der Waals surface area contributed by atoms with E-state index in [1.807, 2.05) is 13.8 Å². The molecule has 0 saturated carbocycles. The topological polar surface area (TPSA) is 192 Å². The summed E-state index contributed by atoms with van der Waals surface area (Å²) in [6.07, 6.45) is -0.795. The third kappa shape index (κ3) is 6.72. The normalized spacial score (nSPS) is 20.4. The molecule has 1 fully saturated rings. The third-order valence-corrected chi connectivity index (χ3v) is 9.22. The molecule has 0 bridgehead atoms. The zero-order valence-corrected chi connectivity index (χ0v) is 24.3. The summed E-state index contributed by atoms with van der Waals surface area (Å²) < 4.78 is 11.8. The van der Waals surface area contributed by atoms with E-state index in [0.717, 1.165) is 0 Å². The first-order valence-corrected chi connectivity index (χ1v) is 14.8. The number of benzene rings is 1. The molecule has 0 unspecified atom stereocenters. The van der Waals surface area contributed by atoms with E-state index < -0.39 is 54.1 Å². The van der Waals surface area contributed by atoms with Crippen LogP contribution in [0.3, 0.4) is 0 Å². The maximum atomic E-state index is 13.2. The molecule has 3 heterocycles. The number of fused-ring (bicyclic) bond motifs is 1. The van der Waals surface area contributed by atoms with Crippen LogP contribution in [0.4, 0.5) is 0 Å². The SMILES string of the molecule is CC[C@H](C)[C@H](N)C(=O)OCOC(=O)C1=C(CSc2nnnn2C)CS[C@@H]2[C@H](NC(=O)[C@H](O)c3ccccc3)C(=O)N12. The third-order valence-electron chi connectivity index (χ3n) is 6.78. The Kier molecular flexibility index (Phi) is 10.0. The Morgan fingerprint density at radius 2 is 2.00 bits per heavy atom. The van der Waals surface area contributed by atoms with Crippen molar-refractivity contribution in [3.05, 3.63) is 47.2 Å². The molecule has 0 spiro atoms. The van der Waals surface area contributed by atoms with Gasteiger partial charge in [0.25, 0.3) is 11.8 Å². The van der Waals surface area contributed by atoms with Crippen molar-refractivity contribution >= 4 is 47.3 Å². The maximum Gasteiger partial charge on any atom is 0.357 e. The van der Waals surface area contributed by atoms with Crippen molar-refractivity contribution in [2.24, 2.45) is 18.7 Å². The maximum absolute atomic E-state index is 13.2. The van der Waals surface area contributed by atoms with Crippen LogP contribution in [0.1, 0.15) is 31.9 Å². The fourth-order valence-electron chi connectivity index (χ4n) is 4.09. The van der Waals surface area contributed by atoms with Crippen LogP contribution in [-0.2, 0) is 35.7 Å². The molecule has 2 aromatic rings. The van der Waals surface area contributed by atoms with E-state index in [1.165, 1.54) is 33.1 Å². The van der Waals surface area contributed by atoms with Gasteiger partial charge in [0.2, 0.25) is 11.9 Å². The molecule has 16 heteroatoms. The van der Waals surface area contributed by atoms with Crippen LogP contribution in [-0.4, -0.2) is 89.7 Å². The summed E-state index contributed by atoms with van der Waals surface area (Å²) in [7, 11) is 1.67. The quantitative estimate of drug-likeness (QED) is 0.128. The summed E-state index contributed by atoms with van der Waals surface area (Å²) in [6, 6.07) is 6.51. The van der Waals surface area contributed by atoms with Gasteiger partial charge in [0.15, 0.2) is 6.10 Å². The molecule has 4 N–H and O–H groups in total. The van der Waals surface area contributed by atoms with Crippen molar-refractivity contribution in [3.8, 4) is 0 Å². The van der Waals surface area contributed by atoms with E-state index in [-0.39, 0.29) is 17.4 Å². The molecule has 1 saturated heterocycles. The van der Waals surface area contributed by atoms with Crippen LogP contribution in [0.25, 0.3) is 0 Å². The number of ether oxygens (including phenoxy) is 2. The van der Waals surface area contributed by atoms with Crippen LogP contribution in [0.15, 0.2) is 46.8 Å². The van der Waals surface area contributed by atoms with Crippen molar-refractivity contribution in [2.45, 2.75) is 49.0 Å². The molecule has 14 nitrogen and oxygen atoms in total. The minimum atomic E-state index is -1.46. The van der Waals surface area contributed by atoms with Crippen molar-refractivity contribution in [1.82, 2.24) is 30.4 Å². The number of aromatic nitrogens is 4. The van der Waals surface area contributed by atoms with E-state index in [1.54, 1.807) is 37.4 Å². The highest BCUT2D eigenvalue weighted by atomic mass is 32.2. The summed E-state index contributed by atoms with van der Waals surface area (Å²) in [6.45, 7) is 3.02. The van der Waals surface area contributed by atoms with Gasteiger partial charge in [0.1, 0.15) is 23.2 Å². The van der Waals surface area contributed by atoms with Gasteiger partial charge in [-0.15, -0.1) is 16.9 Å². The smallest absolute Gasteiger partial charge is 0.357 e. The van der Waals surface area contributed by atoms with Crippen LogP contribution in [0.2, 0.25) is 0 Å². The number of aryl methyl sites for hydroxylation is 1. The minimum absolute atomic E-state index is 0.00208. The van der Waals surface area contributed by atoms with Crippen molar-refractivity contribution in [2.75, 3.05) is 18.3 Å². The fraction of sp³-hybridized carbons (Fsp3) is 0.480. The zero-order chi connectivity index (χ0) is 29.7. The van der Waals surface area contributed by atoms with E-state index in [2.05, 4.69) is 20.8 Å². The molecule has 2 aliphatic heterocycles. The monoisotopic (exact) mass is 605 g/mol. The molecule has 0 radical (unpaired) electrons. The van der Waals surface area contributed by atoms with Crippen molar-refractivity contribution in [1.29, 1.82) is 0 Å². The van der Waals surface area contributed by atoms with Gasteiger partial charge in [-0.1, -0.05) is 62.4 Å². The van der Waals surface area contributed by atoms with Gasteiger partial charge in [-0.2, -0.15) is 0 Å². The first-order chi connectivity index (χ1) is 19.6. The van der Waals surface area contributed by atoms with E-state index >= 15 is 0 Å². The second kappa shape index (κ2) is 13.5. The first kappa shape index (κ1) is 30.5. The van der Waals surface area contributed by atoms with Crippen LogP contribution in [0, 0.1) is 5.92 Å². The number of nitrogens with one attached hydrogen (secondary N) is 1. The molecule has 4 rings (SSSR count). The highest BCUT2D eigenvalue weighted by Gasteiger charge is 2.54.